The molecule has 1 aromatic carbocycles. The Balaban J connectivity index is 2.45. The first-order valence-corrected chi connectivity index (χ1v) is 5.44. The molecule has 0 aromatic heterocycles. The molecular formula is C13H18O. The molecule has 1 aliphatic rings. The van der Waals surface area contributed by atoms with Crippen LogP contribution in [-0.4, -0.2) is 6.61 Å². The Kier molecular flexibility index (Phi) is 2.49. The quantitative estimate of drug-likeness (QED) is 0.659. The molecule has 1 aliphatic heterocycles. The maximum atomic E-state index is 5.64. The van der Waals surface area contributed by atoms with E-state index in [1.165, 1.54) is 23.1 Å². The molecule has 2 rings (SSSR count). The van der Waals surface area contributed by atoms with E-state index in [1.807, 2.05) is 0 Å². The van der Waals surface area contributed by atoms with Gasteiger partial charge in [0.25, 0.3) is 0 Å². The molecule has 0 unspecified atom stereocenters. The predicted octanol–water partition coefficient (Wildman–Crippen LogP) is 3.44. The van der Waals surface area contributed by atoms with Gasteiger partial charge in [0.15, 0.2) is 0 Å². The summed E-state index contributed by atoms with van der Waals surface area (Å²) in [7, 11) is 0. The summed E-state index contributed by atoms with van der Waals surface area (Å²) in [5.41, 5.74) is 4.22. The molecule has 76 valence electrons. The summed E-state index contributed by atoms with van der Waals surface area (Å²) in [5, 5.41) is 0. The summed E-state index contributed by atoms with van der Waals surface area (Å²) in [4.78, 5) is 0. The highest BCUT2D eigenvalue weighted by molar-refractivity contribution is 5.44. The van der Waals surface area contributed by atoms with E-state index >= 15 is 0 Å². The topological polar surface area (TPSA) is 9.23 Å². The van der Waals surface area contributed by atoms with Crippen molar-refractivity contribution in [3.63, 3.8) is 0 Å². The van der Waals surface area contributed by atoms with E-state index < -0.39 is 0 Å². The lowest BCUT2D eigenvalue weighted by molar-refractivity contribution is 0.288. The van der Waals surface area contributed by atoms with E-state index in [4.69, 9.17) is 4.74 Å². The molecule has 1 nitrogen and oxygen atoms in total. The molecule has 1 aromatic rings. The minimum Gasteiger partial charge on any atom is -0.493 e. The van der Waals surface area contributed by atoms with Gasteiger partial charge in [-0.1, -0.05) is 19.9 Å². The summed E-state index contributed by atoms with van der Waals surface area (Å²) >= 11 is 0. The minimum absolute atomic E-state index is 0.613. The van der Waals surface area contributed by atoms with E-state index in [9.17, 15) is 0 Å². The van der Waals surface area contributed by atoms with Gasteiger partial charge in [-0.2, -0.15) is 0 Å². The zero-order valence-electron chi connectivity index (χ0n) is 9.26. The van der Waals surface area contributed by atoms with Crippen LogP contribution in [0.1, 0.15) is 42.9 Å². The fourth-order valence-corrected chi connectivity index (χ4v) is 2.14. The van der Waals surface area contributed by atoms with Crippen molar-refractivity contribution < 1.29 is 4.74 Å². The first kappa shape index (κ1) is 9.57. The molecule has 0 N–H and O–H groups in total. The second-order valence-corrected chi connectivity index (χ2v) is 4.42. The SMILES string of the molecule is Cc1cc2c(cc1C(C)C)CCCO2. The van der Waals surface area contributed by atoms with Gasteiger partial charge in [-0.15, -0.1) is 0 Å². The van der Waals surface area contributed by atoms with Crippen molar-refractivity contribution in [1.29, 1.82) is 0 Å². The lowest BCUT2D eigenvalue weighted by atomic mass is 9.93. The Hall–Kier alpha value is -0.980. The average Bonchev–Trinajstić information content (AvgIpc) is 2.16. The third-order valence-corrected chi connectivity index (χ3v) is 2.92. The predicted molar refractivity (Wildman–Crippen MR) is 59.1 cm³/mol. The molecule has 0 radical (unpaired) electrons. The Morgan fingerprint density at radius 2 is 2.07 bits per heavy atom. The van der Waals surface area contributed by atoms with Crippen molar-refractivity contribution in [2.24, 2.45) is 0 Å². The highest BCUT2D eigenvalue weighted by Crippen LogP contribution is 2.31. The van der Waals surface area contributed by atoms with Crippen molar-refractivity contribution in [2.45, 2.75) is 39.5 Å². The molecule has 1 heterocycles. The van der Waals surface area contributed by atoms with Crippen LogP contribution in [0.25, 0.3) is 0 Å². The molecular weight excluding hydrogens is 172 g/mol. The number of hydrogen-bond acceptors (Lipinski definition) is 1. The van der Waals surface area contributed by atoms with E-state index in [2.05, 4.69) is 32.9 Å². The number of aryl methyl sites for hydroxylation is 2. The van der Waals surface area contributed by atoms with Gasteiger partial charge in [0.2, 0.25) is 0 Å². The van der Waals surface area contributed by atoms with Crippen molar-refractivity contribution in [3.05, 3.63) is 28.8 Å². The monoisotopic (exact) mass is 190 g/mol. The maximum Gasteiger partial charge on any atom is 0.122 e. The maximum absolute atomic E-state index is 5.64. The molecule has 0 bridgehead atoms. The number of rotatable bonds is 1. The zero-order valence-corrected chi connectivity index (χ0v) is 9.26. The summed E-state index contributed by atoms with van der Waals surface area (Å²) < 4.78 is 5.64. The highest BCUT2D eigenvalue weighted by Gasteiger charge is 2.13. The molecule has 0 saturated heterocycles. The van der Waals surface area contributed by atoms with Crippen LogP contribution in [-0.2, 0) is 6.42 Å². The van der Waals surface area contributed by atoms with Crippen molar-refractivity contribution in [1.82, 2.24) is 0 Å². The van der Waals surface area contributed by atoms with Gasteiger partial charge in [-0.3, -0.25) is 0 Å². The third kappa shape index (κ3) is 1.63. The van der Waals surface area contributed by atoms with Crippen LogP contribution in [0.2, 0.25) is 0 Å². The summed E-state index contributed by atoms with van der Waals surface area (Å²) in [6.45, 7) is 7.55. The molecule has 0 saturated carbocycles. The van der Waals surface area contributed by atoms with Crippen LogP contribution in [0.5, 0.6) is 5.75 Å². The third-order valence-electron chi connectivity index (χ3n) is 2.92. The molecule has 0 amide bonds. The van der Waals surface area contributed by atoms with Gasteiger partial charge in [0, 0.05) is 0 Å². The Morgan fingerprint density at radius 3 is 2.79 bits per heavy atom. The molecule has 0 atom stereocenters. The summed E-state index contributed by atoms with van der Waals surface area (Å²) in [6.07, 6.45) is 2.34. The van der Waals surface area contributed by atoms with Gasteiger partial charge >= 0.3 is 0 Å². The van der Waals surface area contributed by atoms with Crippen LogP contribution >= 0.6 is 0 Å². The smallest absolute Gasteiger partial charge is 0.122 e. The van der Waals surface area contributed by atoms with E-state index in [-0.39, 0.29) is 0 Å². The van der Waals surface area contributed by atoms with Crippen molar-refractivity contribution >= 4 is 0 Å². The fourth-order valence-electron chi connectivity index (χ4n) is 2.14. The Morgan fingerprint density at radius 1 is 1.29 bits per heavy atom. The minimum atomic E-state index is 0.613. The van der Waals surface area contributed by atoms with Gasteiger partial charge in [0.05, 0.1) is 6.61 Å². The number of hydrogen-bond donors (Lipinski definition) is 0. The highest BCUT2D eigenvalue weighted by atomic mass is 16.5. The van der Waals surface area contributed by atoms with Crippen LogP contribution in [0.3, 0.4) is 0 Å². The van der Waals surface area contributed by atoms with Crippen LogP contribution in [0.15, 0.2) is 12.1 Å². The van der Waals surface area contributed by atoms with E-state index in [1.54, 1.807) is 0 Å². The lowest BCUT2D eigenvalue weighted by Gasteiger charge is -2.20. The van der Waals surface area contributed by atoms with Gasteiger partial charge in [-0.25, -0.2) is 0 Å². The normalized spacial score (nSPS) is 15.1. The van der Waals surface area contributed by atoms with Gasteiger partial charge in [-0.05, 0) is 48.4 Å². The van der Waals surface area contributed by atoms with E-state index in [0.29, 0.717) is 5.92 Å². The molecule has 1 heteroatoms. The lowest BCUT2D eigenvalue weighted by Crippen LogP contribution is -2.09. The largest absolute Gasteiger partial charge is 0.493 e. The number of fused-ring (bicyclic) bond motifs is 1. The Bertz CT molecular complexity index is 339. The molecule has 0 fully saturated rings. The van der Waals surface area contributed by atoms with Crippen LogP contribution in [0, 0.1) is 6.92 Å². The molecule has 0 spiro atoms. The van der Waals surface area contributed by atoms with Crippen molar-refractivity contribution in [3.8, 4) is 5.75 Å². The van der Waals surface area contributed by atoms with Gasteiger partial charge < -0.3 is 4.74 Å². The Labute approximate surface area is 86.1 Å². The first-order valence-electron chi connectivity index (χ1n) is 5.44. The number of benzene rings is 1. The van der Waals surface area contributed by atoms with Gasteiger partial charge in [0.1, 0.15) is 5.75 Å². The second kappa shape index (κ2) is 3.64. The summed E-state index contributed by atoms with van der Waals surface area (Å²) in [5.74, 6) is 1.72. The van der Waals surface area contributed by atoms with Crippen LogP contribution < -0.4 is 4.74 Å². The van der Waals surface area contributed by atoms with E-state index in [0.717, 1.165) is 18.8 Å². The zero-order chi connectivity index (χ0) is 10.1. The molecule has 14 heavy (non-hydrogen) atoms. The summed E-state index contributed by atoms with van der Waals surface area (Å²) in [6, 6.07) is 4.53. The fraction of sp³-hybridized carbons (Fsp3) is 0.538. The second-order valence-electron chi connectivity index (χ2n) is 4.42. The standard InChI is InChI=1S/C13H18O/c1-9(2)12-8-11-5-4-6-14-13(11)7-10(12)3/h7-9H,4-6H2,1-3H3. The average molecular weight is 190 g/mol. The van der Waals surface area contributed by atoms with Crippen molar-refractivity contribution in [2.75, 3.05) is 6.61 Å². The van der Waals surface area contributed by atoms with Crippen LogP contribution in [0.4, 0.5) is 0 Å². The number of ether oxygens (including phenoxy) is 1. The first-order chi connectivity index (χ1) is 6.68. The molecule has 0 aliphatic carbocycles.